The highest BCUT2D eigenvalue weighted by Gasteiger charge is 2.35. The van der Waals surface area contributed by atoms with E-state index in [0.717, 1.165) is 5.56 Å². The molecule has 0 saturated heterocycles. The van der Waals surface area contributed by atoms with Crippen LogP contribution in [-0.4, -0.2) is 31.4 Å². The summed E-state index contributed by atoms with van der Waals surface area (Å²) in [7, 11) is 3.07. The van der Waals surface area contributed by atoms with E-state index in [4.69, 9.17) is 41.8 Å². The lowest BCUT2D eigenvalue weighted by Crippen LogP contribution is -2.40. The topological polar surface area (TPSA) is 92.3 Å². The van der Waals surface area contributed by atoms with Gasteiger partial charge in [-0.2, -0.15) is 0 Å². The third kappa shape index (κ3) is 5.08. The highest BCUT2D eigenvalue weighted by atomic mass is 35.5. The Labute approximate surface area is 243 Å². The van der Waals surface area contributed by atoms with Crippen molar-refractivity contribution in [2.45, 2.75) is 19.9 Å². The van der Waals surface area contributed by atoms with Crippen molar-refractivity contribution >= 4 is 46.6 Å². The zero-order valence-electron chi connectivity index (χ0n) is 22.0. The molecule has 11 heteroatoms. The number of hydrogen-bond acceptors (Lipinski definition) is 8. The number of rotatable bonds is 7. The van der Waals surface area contributed by atoms with Crippen molar-refractivity contribution in [2.75, 3.05) is 20.8 Å². The molecular formula is C29H24Cl2N2O6S. The molecule has 3 heterocycles. The first-order valence-corrected chi connectivity index (χ1v) is 13.8. The molecule has 5 rings (SSSR count). The van der Waals surface area contributed by atoms with Gasteiger partial charge in [-0.25, -0.2) is 9.79 Å². The lowest BCUT2D eigenvalue weighted by Gasteiger charge is -2.26. The lowest BCUT2D eigenvalue weighted by atomic mass is 9.95. The smallest absolute Gasteiger partial charge is 0.338 e. The van der Waals surface area contributed by atoms with E-state index in [2.05, 4.69) is 4.99 Å². The second-order valence-corrected chi connectivity index (χ2v) is 10.6. The monoisotopic (exact) mass is 598 g/mol. The van der Waals surface area contributed by atoms with Gasteiger partial charge in [-0.15, -0.1) is 0 Å². The van der Waals surface area contributed by atoms with Crippen molar-refractivity contribution in [1.29, 1.82) is 0 Å². The van der Waals surface area contributed by atoms with Crippen LogP contribution in [0.25, 0.3) is 17.4 Å². The maximum absolute atomic E-state index is 13.9. The molecule has 1 unspecified atom stereocenters. The molecule has 2 aromatic carbocycles. The molecule has 40 heavy (non-hydrogen) atoms. The number of aromatic nitrogens is 1. The number of hydrogen-bond donors (Lipinski definition) is 0. The van der Waals surface area contributed by atoms with Crippen LogP contribution in [0.1, 0.15) is 31.2 Å². The standard InChI is InChI=1S/C29H24Cl2N2O6S/c1-5-38-28(35)25-15(2)32-29-33(26(25)19-13-17(36-3)7-11-23(19)37-4)27(34)24(40-29)14-18-8-10-22(39-18)16-6-9-20(30)21(31)12-16/h6-14,26H,5H2,1-4H3/b24-14-. The number of esters is 1. The molecule has 0 aliphatic carbocycles. The van der Waals surface area contributed by atoms with Crippen LogP contribution in [-0.2, 0) is 9.53 Å². The molecule has 0 bridgehead atoms. The minimum atomic E-state index is -0.856. The van der Waals surface area contributed by atoms with Gasteiger partial charge in [0.05, 0.1) is 46.7 Å². The van der Waals surface area contributed by atoms with Gasteiger partial charge in [-0.1, -0.05) is 34.5 Å². The molecule has 1 aliphatic heterocycles. The summed E-state index contributed by atoms with van der Waals surface area (Å²) < 4.78 is 24.3. The van der Waals surface area contributed by atoms with Crippen LogP contribution in [0.4, 0.5) is 0 Å². The number of carbonyl (C=O) groups is 1. The van der Waals surface area contributed by atoms with Crippen LogP contribution in [0.3, 0.4) is 0 Å². The maximum Gasteiger partial charge on any atom is 0.338 e. The van der Waals surface area contributed by atoms with E-state index in [1.807, 2.05) is 0 Å². The van der Waals surface area contributed by atoms with E-state index in [1.54, 1.807) is 75.6 Å². The predicted molar refractivity (Wildman–Crippen MR) is 154 cm³/mol. The Bertz CT molecular complexity index is 1840. The molecule has 0 saturated carbocycles. The molecule has 4 aromatic rings. The number of methoxy groups -OCH3 is 2. The highest BCUT2D eigenvalue weighted by Crippen LogP contribution is 2.38. The molecule has 1 aliphatic rings. The zero-order valence-corrected chi connectivity index (χ0v) is 24.3. The fourth-order valence-corrected chi connectivity index (χ4v) is 5.83. The molecule has 0 radical (unpaired) electrons. The Hall–Kier alpha value is -3.79. The maximum atomic E-state index is 13.9. The van der Waals surface area contributed by atoms with Crippen LogP contribution in [0, 0.1) is 0 Å². The molecule has 0 fully saturated rings. The van der Waals surface area contributed by atoms with E-state index in [-0.39, 0.29) is 17.7 Å². The minimum absolute atomic E-state index is 0.168. The average Bonchev–Trinajstić information content (AvgIpc) is 3.53. The molecule has 0 spiro atoms. The number of fused-ring (bicyclic) bond motifs is 1. The van der Waals surface area contributed by atoms with Crippen molar-refractivity contribution < 1.29 is 23.4 Å². The fraction of sp³-hybridized carbons (Fsp3) is 0.207. The van der Waals surface area contributed by atoms with E-state index < -0.39 is 12.0 Å². The van der Waals surface area contributed by atoms with E-state index in [1.165, 1.54) is 23.0 Å². The summed E-state index contributed by atoms with van der Waals surface area (Å²) in [4.78, 5) is 32.1. The summed E-state index contributed by atoms with van der Waals surface area (Å²) in [6.07, 6.45) is 1.65. The van der Waals surface area contributed by atoms with Gasteiger partial charge >= 0.3 is 5.97 Å². The summed E-state index contributed by atoms with van der Waals surface area (Å²) in [5, 5.41) is 0.851. The lowest BCUT2D eigenvalue weighted by molar-refractivity contribution is -0.139. The second kappa shape index (κ2) is 11.4. The zero-order chi connectivity index (χ0) is 28.6. The van der Waals surface area contributed by atoms with Gasteiger partial charge in [0.2, 0.25) is 0 Å². The number of thiazole rings is 1. The average molecular weight is 599 g/mol. The van der Waals surface area contributed by atoms with Crippen molar-refractivity contribution in [1.82, 2.24) is 4.57 Å². The van der Waals surface area contributed by atoms with Crippen molar-refractivity contribution in [2.24, 2.45) is 4.99 Å². The Kier molecular flexibility index (Phi) is 7.89. The van der Waals surface area contributed by atoms with Gasteiger partial charge in [0.15, 0.2) is 4.80 Å². The molecule has 0 amide bonds. The Morgan fingerprint density at radius 2 is 1.90 bits per heavy atom. The number of halogens is 2. The van der Waals surface area contributed by atoms with Crippen LogP contribution in [0.5, 0.6) is 11.5 Å². The number of ether oxygens (including phenoxy) is 3. The van der Waals surface area contributed by atoms with Crippen molar-refractivity contribution in [3.8, 4) is 22.8 Å². The number of benzene rings is 2. The fourth-order valence-electron chi connectivity index (χ4n) is 4.50. The largest absolute Gasteiger partial charge is 0.497 e. The van der Waals surface area contributed by atoms with Crippen LogP contribution < -0.4 is 24.4 Å². The second-order valence-electron chi connectivity index (χ2n) is 8.74. The first-order valence-electron chi connectivity index (χ1n) is 12.2. The summed E-state index contributed by atoms with van der Waals surface area (Å²) in [6.45, 7) is 3.61. The van der Waals surface area contributed by atoms with Crippen LogP contribution in [0.2, 0.25) is 10.0 Å². The molecule has 2 aromatic heterocycles. The van der Waals surface area contributed by atoms with E-state index in [0.29, 0.717) is 53.7 Å². The summed E-state index contributed by atoms with van der Waals surface area (Å²) in [5.74, 6) is 1.49. The quantitative estimate of drug-likeness (QED) is 0.265. The van der Waals surface area contributed by atoms with Crippen molar-refractivity contribution in [3.63, 3.8) is 0 Å². The van der Waals surface area contributed by atoms with E-state index in [9.17, 15) is 9.59 Å². The molecule has 0 N–H and O–H groups in total. The van der Waals surface area contributed by atoms with Gasteiger partial charge in [-0.3, -0.25) is 9.36 Å². The first-order chi connectivity index (χ1) is 19.2. The highest BCUT2D eigenvalue weighted by molar-refractivity contribution is 7.07. The normalized spacial score (nSPS) is 15.1. The van der Waals surface area contributed by atoms with Crippen molar-refractivity contribution in [3.05, 3.63) is 101 Å². The molecular weight excluding hydrogens is 575 g/mol. The predicted octanol–water partition coefficient (Wildman–Crippen LogP) is 5.38. The molecule has 1 atom stereocenters. The van der Waals surface area contributed by atoms with E-state index >= 15 is 0 Å². The Morgan fingerprint density at radius 1 is 1.10 bits per heavy atom. The van der Waals surface area contributed by atoms with Gasteiger partial charge < -0.3 is 18.6 Å². The van der Waals surface area contributed by atoms with Gasteiger partial charge in [0.1, 0.15) is 29.1 Å². The molecule has 8 nitrogen and oxygen atoms in total. The van der Waals surface area contributed by atoms with Crippen LogP contribution >= 0.6 is 34.5 Å². The summed E-state index contributed by atoms with van der Waals surface area (Å²) in [6, 6.07) is 13.1. The SMILES string of the molecule is CCOC(=O)C1=C(C)N=c2s/c(=C\c3ccc(-c4ccc(Cl)c(Cl)c4)o3)c(=O)n2C1c1cc(OC)ccc1OC. The third-order valence-corrected chi connectivity index (χ3v) is 8.07. The van der Waals surface area contributed by atoms with Crippen LogP contribution in [0.15, 0.2) is 74.0 Å². The number of allylic oxidation sites excluding steroid dienone is 1. The van der Waals surface area contributed by atoms with Gasteiger partial charge in [0, 0.05) is 17.2 Å². The first kappa shape index (κ1) is 27.8. The van der Waals surface area contributed by atoms with Gasteiger partial charge in [0.25, 0.3) is 5.56 Å². The molecule has 206 valence electrons. The number of carbonyl (C=O) groups excluding carboxylic acids is 1. The third-order valence-electron chi connectivity index (χ3n) is 6.35. The number of furan rings is 1. The summed E-state index contributed by atoms with van der Waals surface area (Å²) >= 11 is 13.4. The number of nitrogens with zero attached hydrogens (tertiary/aromatic N) is 2. The Morgan fingerprint density at radius 3 is 2.60 bits per heavy atom. The summed E-state index contributed by atoms with van der Waals surface area (Å²) in [5.41, 5.74) is 1.65. The Balaban J connectivity index is 1.68. The van der Waals surface area contributed by atoms with Gasteiger partial charge in [-0.05, 0) is 62.4 Å². The minimum Gasteiger partial charge on any atom is -0.497 e.